The van der Waals surface area contributed by atoms with Gasteiger partial charge in [0, 0.05) is 33.0 Å². The Morgan fingerprint density at radius 1 is 1.08 bits per heavy atom. The number of H-pyrrole nitrogens is 1. The van der Waals surface area contributed by atoms with Crippen LogP contribution < -0.4 is 5.32 Å². The molecule has 116 valence electrons. The molecule has 0 aliphatic carbocycles. The first-order chi connectivity index (χ1) is 11.8. The SMILES string of the molecule is Cc1csc2cc3c(Nc4ccc5cn[nH]c5c4)ccnc3cc12. The van der Waals surface area contributed by atoms with Gasteiger partial charge < -0.3 is 5.32 Å². The lowest BCUT2D eigenvalue weighted by atomic mass is 10.1. The molecule has 0 unspecified atom stereocenters. The summed E-state index contributed by atoms with van der Waals surface area (Å²) in [5, 5.41) is 16.3. The molecular formula is C19H14N4S. The summed E-state index contributed by atoms with van der Waals surface area (Å²) in [4.78, 5) is 4.54. The van der Waals surface area contributed by atoms with E-state index < -0.39 is 0 Å². The van der Waals surface area contributed by atoms with Crippen molar-refractivity contribution in [3.8, 4) is 0 Å². The molecule has 0 amide bonds. The summed E-state index contributed by atoms with van der Waals surface area (Å²) in [6.45, 7) is 2.15. The number of hydrogen-bond donors (Lipinski definition) is 2. The minimum Gasteiger partial charge on any atom is -0.355 e. The van der Waals surface area contributed by atoms with Crippen LogP contribution in [0.25, 0.3) is 31.9 Å². The second-order valence-corrected chi connectivity index (χ2v) is 6.85. The molecule has 0 atom stereocenters. The molecule has 0 saturated carbocycles. The molecule has 3 aromatic heterocycles. The minimum atomic E-state index is 1.01. The molecule has 0 aliphatic rings. The zero-order valence-electron chi connectivity index (χ0n) is 13.0. The highest BCUT2D eigenvalue weighted by molar-refractivity contribution is 7.17. The van der Waals surface area contributed by atoms with Crippen LogP contribution in [0.2, 0.25) is 0 Å². The topological polar surface area (TPSA) is 53.6 Å². The van der Waals surface area contributed by atoms with E-state index in [2.05, 4.69) is 63.1 Å². The molecule has 2 aromatic carbocycles. The maximum Gasteiger partial charge on any atom is 0.0729 e. The van der Waals surface area contributed by atoms with Crippen molar-refractivity contribution in [3.05, 3.63) is 59.7 Å². The van der Waals surface area contributed by atoms with Crippen LogP contribution >= 0.6 is 11.3 Å². The summed E-state index contributed by atoms with van der Waals surface area (Å²) < 4.78 is 1.29. The first kappa shape index (κ1) is 13.5. The number of nitrogens with one attached hydrogen (secondary N) is 2. The van der Waals surface area contributed by atoms with Gasteiger partial charge in [-0.2, -0.15) is 5.10 Å². The monoisotopic (exact) mass is 330 g/mol. The maximum absolute atomic E-state index is 4.54. The Kier molecular flexibility index (Phi) is 2.84. The third-order valence-electron chi connectivity index (χ3n) is 4.35. The smallest absolute Gasteiger partial charge is 0.0729 e. The predicted molar refractivity (Wildman–Crippen MR) is 101 cm³/mol. The van der Waals surface area contributed by atoms with E-state index >= 15 is 0 Å². The molecule has 5 rings (SSSR count). The van der Waals surface area contributed by atoms with Gasteiger partial charge in [-0.25, -0.2) is 0 Å². The number of benzene rings is 2. The fraction of sp³-hybridized carbons (Fsp3) is 0.0526. The summed E-state index contributed by atoms with van der Waals surface area (Å²) in [6.07, 6.45) is 3.68. The molecule has 0 fully saturated rings. The highest BCUT2D eigenvalue weighted by Gasteiger charge is 2.08. The van der Waals surface area contributed by atoms with Crippen molar-refractivity contribution in [2.45, 2.75) is 6.92 Å². The molecule has 24 heavy (non-hydrogen) atoms. The summed E-state index contributed by atoms with van der Waals surface area (Å²) in [5.41, 5.74) is 5.43. The fourth-order valence-electron chi connectivity index (χ4n) is 3.07. The second-order valence-electron chi connectivity index (χ2n) is 5.94. The van der Waals surface area contributed by atoms with Crippen LogP contribution in [0.15, 0.2) is 54.2 Å². The first-order valence-corrected chi connectivity index (χ1v) is 8.63. The van der Waals surface area contributed by atoms with Crippen molar-refractivity contribution in [1.29, 1.82) is 0 Å². The highest BCUT2D eigenvalue weighted by atomic mass is 32.1. The van der Waals surface area contributed by atoms with E-state index in [1.54, 1.807) is 11.3 Å². The first-order valence-electron chi connectivity index (χ1n) is 7.75. The van der Waals surface area contributed by atoms with Crippen LogP contribution in [-0.4, -0.2) is 15.2 Å². The van der Waals surface area contributed by atoms with Gasteiger partial charge >= 0.3 is 0 Å². The van der Waals surface area contributed by atoms with Gasteiger partial charge in [0.05, 0.1) is 17.2 Å². The predicted octanol–water partition coefficient (Wildman–Crippen LogP) is 5.38. The number of hydrogen-bond acceptors (Lipinski definition) is 4. The standard InChI is InChI=1S/C19H14N4S/c1-11-10-24-19-8-15-16(4-5-20-18(15)7-14(11)19)22-13-3-2-12-9-21-23-17(12)6-13/h2-10H,1H3,(H,20,22)(H,21,23). The second kappa shape index (κ2) is 5.04. The Balaban J connectivity index is 1.66. The fourth-order valence-corrected chi connectivity index (χ4v) is 4.04. The lowest BCUT2D eigenvalue weighted by Gasteiger charge is -2.10. The third-order valence-corrected chi connectivity index (χ3v) is 5.41. The molecule has 4 nitrogen and oxygen atoms in total. The number of nitrogens with zero attached hydrogens (tertiary/aromatic N) is 2. The van der Waals surface area contributed by atoms with E-state index in [1.165, 1.54) is 15.6 Å². The van der Waals surface area contributed by atoms with Gasteiger partial charge in [0.1, 0.15) is 0 Å². The van der Waals surface area contributed by atoms with E-state index in [0.717, 1.165) is 33.2 Å². The number of aryl methyl sites for hydroxylation is 1. The van der Waals surface area contributed by atoms with E-state index in [9.17, 15) is 0 Å². The Labute approximate surface area is 142 Å². The highest BCUT2D eigenvalue weighted by Crippen LogP contribution is 2.33. The van der Waals surface area contributed by atoms with Crippen LogP contribution in [-0.2, 0) is 0 Å². The number of rotatable bonds is 2. The number of aromatic nitrogens is 3. The van der Waals surface area contributed by atoms with Gasteiger partial charge in [-0.15, -0.1) is 11.3 Å². The Hall–Kier alpha value is -2.92. The average Bonchev–Trinajstić information content (AvgIpc) is 3.20. The van der Waals surface area contributed by atoms with Crippen LogP contribution in [0.4, 0.5) is 11.4 Å². The normalized spacial score (nSPS) is 11.5. The van der Waals surface area contributed by atoms with Crippen molar-refractivity contribution < 1.29 is 0 Å². The number of thiophene rings is 1. The lowest BCUT2D eigenvalue weighted by Crippen LogP contribution is -1.92. The number of fused-ring (bicyclic) bond motifs is 3. The quantitative estimate of drug-likeness (QED) is 0.457. The average molecular weight is 330 g/mol. The van der Waals surface area contributed by atoms with Crippen LogP contribution in [0.5, 0.6) is 0 Å². The third kappa shape index (κ3) is 2.06. The molecule has 5 aromatic rings. The van der Waals surface area contributed by atoms with Crippen molar-refractivity contribution in [1.82, 2.24) is 15.2 Å². The number of anilines is 2. The van der Waals surface area contributed by atoms with Gasteiger partial charge in [-0.3, -0.25) is 10.1 Å². The number of aromatic amines is 1. The van der Waals surface area contributed by atoms with Gasteiger partial charge in [0.2, 0.25) is 0 Å². The van der Waals surface area contributed by atoms with Gasteiger partial charge in [0.25, 0.3) is 0 Å². The molecule has 5 heteroatoms. The largest absolute Gasteiger partial charge is 0.355 e. The van der Waals surface area contributed by atoms with Gasteiger partial charge in [0.15, 0.2) is 0 Å². The van der Waals surface area contributed by atoms with E-state index in [0.29, 0.717) is 0 Å². The van der Waals surface area contributed by atoms with Crippen molar-refractivity contribution >= 4 is 54.6 Å². The van der Waals surface area contributed by atoms with E-state index in [4.69, 9.17) is 0 Å². The molecule has 0 bridgehead atoms. The van der Waals surface area contributed by atoms with Crippen molar-refractivity contribution in [3.63, 3.8) is 0 Å². The van der Waals surface area contributed by atoms with Crippen LogP contribution in [0.3, 0.4) is 0 Å². The molecule has 2 N–H and O–H groups in total. The maximum atomic E-state index is 4.54. The minimum absolute atomic E-state index is 1.01. The summed E-state index contributed by atoms with van der Waals surface area (Å²) in [5.74, 6) is 0. The molecule has 0 radical (unpaired) electrons. The van der Waals surface area contributed by atoms with Crippen LogP contribution in [0, 0.1) is 6.92 Å². The van der Waals surface area contributed by atoms with Crippen molar-refractivity contribution in [2.24, 2.45) is 0 Å². The molecule has 0 spiro atoms. The van der Waals surface area contributed by atoms with Crippen LogP contribution in [0.1, 0.15) is 5.56 Å². The lowest BCUT2D eigenvalue weighted by molar-refractivity contribution is 1.12. The van der Waals surface area contributed by atoms with E-state index in [-0.39, 0.29) is 0 Å². The van der Waals surface area contributed by atoms with Crippen molar-refractivity contribution in [2.75, 3.05) is 5.32 Å². The van der Waals surface area contributed by atoms with E-state index in [1.807, 2.05) is 18.5 Å². The summed E-state index contributed by atoms with van der Waals surface area (Å²) in [6, 6.07) is 12.6. The van der Waals surface area contributed by atoms with Gasteiger partial charge in [-0.1, -0.05) is 0 Å². The molecule has 3 heterocycles. The Morgan fingerprint density at radius 2 is 2.04 bits per heavy atom. The molecular weight excluding hydrogens is 316 g/mol. The summed E-state index contributed by atoms with van der Waals surface area (Å²) in [7, 11) is 0. The Bertz CT molecular complexity index is 1200. The number of pyridine rings is 1. The zero-order chi connectivity index (χ0) is 16.1. The molecule has 0 aliphatic heterocycles. The Morgan fingerprint density at radius 3 is 3.00 bits per heavy atom. The van der Waals surface area contributed by atoms with Gasteiger partial charge in [-0.05, 0) is 59.7 Å². The summed E-state index contributed by atoms with van der Waals surface area (Å²) >= 11 is 1.78. The zero-order valence-corrected chi connectivity index (χ0v) is 13.8. The molecule has 0 saturated heterocycles.